The van der Waals surface area contributed by atoms with Crippen LogP contribution in [-0.4, -0.2) is 5.48 Å². The third-order valence-corrected chi connectivity index (χ3v) is 0. The maximum atomic E-state index is 4.88. The first kappa shape index (κ1) is 8.97. The summed E-state index contributed by atoms with van der Waals surface area (Å²) in [6, 6.07) is 0. The number of halogens is 2. The van der Waals surface area contributed by atoms with E-state index in [4.69, 9.17) is 18.8 Å². The molecule has 0 aliphatic rings. The molecule has 0 aromatic carbocycles. The molecule has 0 fully saturated rings. The Morgan fingerprint density at radius 1 is 1.25 bits per heavy atom. The molecule has 0 saturated heterocycles. The topological polar surface area (TPSA) is 31.5 Å². The fraction of sp³-hybridized carbons (Fsp3) is 0. The first-order valence-electron chi connectivity index (χ1n) is 0.239. The summed E-state index contributed by atoms with van der Waals surface area (Å²) in [5.41, 5.74) is 0. The Morgan fingerprint density at radius 2 is 1.25 bits per heavy atom. The van der Waals surface area contributed by atoms with Gasteiger partial charge in [-0.15, -0.1) is 0 Å². The summed E-state index contributed by atoms with van der Waals surface area (Å²) >= 11 is -0.472. The molecule has 0 radical (unpaired) electrons. The van der Waals surface area contributed by atoms with Crippen LogP contribution in [0.5, 0.6) is 0 Å². The Morgan fingerprint density at radius 3 is 1.25 bits per heavy atom. The van der Waals surface area contributed by atoms with Crippen molar-refractivity contribution in [2.45, 2.75) is 0 Å². The van der Waals surface area contributed by atoms with Crippen LogP contribution in [0, 0.1) is 0 Å². The molecule has 0 aliphatic carbocycles. The second kappa shape index (κ2) is 8.87. The predicted molar refractivity (Wildman–Crippen MR) is 15.3 cm³/mol. The van der Waals surface area contributed by atoms with Gasteiger partial charge in [0.15, 0.2) is 0 Å². The van der Waals surface area contributed by atoms with Gasteiger partial charge in [0.25, 0.3) is 0 Å². The van der Waals surface area contributed by atoms with Gasteiger partial charge in [0.2, 0.25) is 0 Å². The van der Waals surface area contributed by atoms with Crippen molar-refractivity contribution in [2.24, 2.45) is 0 Å². The quantitative estimate of drug-likeness (QED) is 0.622. The van der Waals surface area contributed by atoms with Gasteiger partial charge in [-0.05, 0) is 0 Å². The van der Waals surface area contributed by atoms with Crippen LogP contribution >= 0.6 is 18.8 Å². The number of hydrogen-bond acceptors (Lipinski definition) is 0. The van der Waals surface area contributed by atoms with Crippen LogP contribution in [0.4, 0.5) is 0 Å². The van der Waals surface area contributed by atoms with Gasteiger partial charge >= 0.3 is 35.3 Å². The van der Waals surface area contributed by atoms with Crippen molar-refractivity contribution >= 4 is 18.8 Å². The summed E-state index contributed by atoms with van der Waals surface area (Å²) in [6.07, 6.45) is 0. The normalized spacial score (nSPS) is 5.50. The van der Waals surface area contributed by atoms with Crippen molar-refractivity contribution in [3.05, 3.63) is 0 Å². The first-order valence-corrected chi connectivity index (χ1v) is 5.87. The Hall–Kier alpha value is 1.23. The molecule has 0 aromatic heterocycles. The summed E-state index contributed by atoms with van der Waals surface area (Å²) in [5.74, 6) is 0. The van der Waals surface area contributed by atoms with Crippen molar-refractivity contribution in [3.8, 4) is 0 Å². The van der Waals surface area contributed by atoms with Crippen LogP contribution in [0.15, 0.2) is 0 Å². The summed E-state index contributed by atoms with van der Waals surface area (Å²) < 4.78 is 0. The van der Waals surface area contributed by atoms with Gasteiger partial charge in [0, 0.05) is 0 Å². The van der Waals surface area contributed by atoms with Gasteiger partial charge in [-0.1, -0.05) is 0 Å². The van der Waals surface area contributed by atoms with E-state index in [0.717, 1.165) is 0 Å². The average molecular weight is 284 g/mol. The number of rotatable bonds is 0. The summed E-state index contributed by atoms with van der Waals surface area (Å²) in [5, 5.41) is 0. The molecule has 0 atom stereocenters. The van der Waals surface area contributed by atoms with E-state index in [1.807, 2.05) is 0 Å². The van der Waals surface area contributed by atoms with Gasteiger partial charge in [0.05, 0.1) is 0 Å². The van der Waals surface area contributed by atoms with Crippen LogP contribution in [-0.2, 0) is 16.5 Å². The van der Waals surface area contributed by atoms with E-state index in [-0.39, 0.29) is 5.48 Å². The van der Waals surface area contributed by atoms with Crippen LogP contribution in [0.2, 0.25) is 0 Å². The van der Waals surface area contributed by atoms with E-state index in [9.17, 15) is 0 Å². The van der Waals surface area contributed by atoms with Crippen molar-refractivity contribution in [1.82, 2.24) is 0 Å². The Kier molecular flexibility index (Phi) is 19.9. The monoisotopic (exact) mass is 283 g/mol. The van der Waals surface area contributed by atoms with Crippen LogP contribution < -0.4 is 0 Å². The van der Waals surface area contributed by atoms with Crippen molar-refractivity contribution < 1.29 is 22.0 Å². The zero-order chi connectivity index (χ0) is 2.71. The van der Waals surface area contributed by atoms with Crippen molar-refractivity contribution in [3.63, 3.8) is 0 Å². The molecule has 0 bridgehead atoms. The van der Waals surface area contributed by atoms with E-state index < -0.39 is 16.5 Å². The molecule has 0 aromatic rings. The number of hydrogen-bond donors (Lipinski definition) is 0. The standard InChI is InChI=1S/2ClH.H2O.Pt/h2*1H;1H2;/q;;;+2/p-2. The molecule has 1 nitrogen and oxygen atoms in total. The van der Waals surface area contributed by atoms with Crippen molar-refractivity contribution in [1.29, 1.82) is 0 Å². The van der Waals surface area contributed by atoms with Crippen LogP contribution in [0.3, 0.4) is 0 Å². The molecule has 0 unspecified atom stereocenters. The minimum absolute atomic E-state index is 0. The molecule has 0 saturated carbocycles. The fourth-order valence-electron chi connectivity index (χ4n) is 0. The minimum atomic E-state index is -0.472. The van der Waals surface area contributed by atoms with Gasteiger partial charge in [-0.3, -0.25) is 0 Å². The van der Waals surface area contributed by atoms with E-state index in [1.165, 1.54) is 0 Å². The molecule has 4 heteroatoms. The Bertz CT molecular complexity index is 6.00. The molecule has 0 heterocycles. The second-order valence-electron chi connectivity index (χ2n) is 0.0452. The van der Waals surface area contributed by atoms with E-state index in [2.05, 4.69) is 0 Å². The predicted octanol–water partition coefficient (Wildman–Crippen LogP) is 0.552. The van der Waals surface area contributed by atoms with Gasteiger partial charge in [-0.2, -0.15) is 0 Å². The summed E-state index contributed by atoms with van der Waals surface area (Å²) in [6.45, 7) is 0. The van der Waals surface area contributed by atoms with Gasteiger partial charge in [0.1, 0.15) is 0 Å². The molecular formula is H2Cl2OPt. The summed E-state index contributed by atoms with van der Waals surface area (Å²) in [4.78, 5) is 0. The molecule has 0 aliphatic heterocycles. The van der Waals surface area contributed by atoms with Gasteiger partial charge < -0.3 is 5.48 Å². The summed E-state index contributed by atoms with van der Waals surface area (Å²) in [7, 11) is 9.75. The van der Waals surface area contributed by atoms with E-state index in [0.29, 0.717) is 0 Å². The zero-order valence-corrected chi connectivity index (χ0v) is 5.36. The molecule has 0 spiro atoms. The first-order chi connectivity index (χ1) is 1.41. The molecule has 0 rings (SSSR count). The van der Waals surface area contributed by atoms with E-state index >= 15 is 0 Å². The van der Waals surface area contributed by atoms with E-state index in [1.54, 1.807) is 0 Å². The van der Waals surface area contributed by atoms with Crippen molar-refractivity contribution in [2.75, 3.05) is 0 Å². The van der Waals surface area contributed by atoms with Gasteiger partial charge in [-0.25, -0.2) is 0 Å². The molecule has 0 amide bonds. The Balaban J connectivity index is 0. The molecular weight excluding hydrogens is 282 g/mol. The fourth-order valence-corrected chi connectivity index (χ4v) is 0. The second-order valence-corrected chi connectivity index (χ2v) is 3.33. The molecule has 2 N–H and O–H groups in total. The molecule has 32 valence electrons. The molecule has 4 heavy (non-hydrogen) atoms. The van der Waals surface area contributed by atoms with Crippen LogP contribution in [0.25, 0.3) is 0 Å². The maximum absolute atomic E-state index is 4.88. The third-order valence-electron chi connectivity index (χ3n) is 0. The third kappa shape index (κ3) is 10.6. The Labute approximate surface area is 41.0 Å². The SMILES string of the molecule is O.[Cl][Pt][Cl]. The zero-order valence-electron chi connectivity index (χ0n) is 1.57. The van der Waals surface area contributed by atoms with Crippen LogP contribution in [0.1, 0.15) is 0 Å². The average Bonchev–Trinajstić information content (AvgIpc) is 0.918.